The van der Waals surface area contributed by atoms with E-state index in [1.165, 1.54) is 11.3 Å². The SMILES string of the molecule is COc1ccc(-c2nc(C(=O)OCC(=O)NC(=O)NC3CCCC3)cs2)cc1. The van der Waals surface area contributed by atoms with E-state index in [0.717, 1.165) is 37.0 Å². The number of carbonyl (C=O) groups is 3. The highest BCUT2D eigenvalue weighted by atomic mass is 32.1. The molecule has 2 N–H and O–H groups in total. The predicted molar refractivity (Wildman–Crippen MR) is 103 cm³/mol. The maximum Gasteiger partial charge on any atom is 0.358 e. The Kier molecular flexibility index (Phi) is 6.59. The van der Waals surface area contributed by atoms with Crippen molar-refractivity contribution in [2.45, 2.75) is 31.7 Å². The van der Waals surface area contributed by atoms with Crippen LogP contribution in [-0.4, -0.2) is 42.7 Å². The molecule has 3 rings (SSSR count). The Morgan fingerprint density at radius 3 is 2.57 bits per heavy atom. The third-order valence-corrected chi connectivity index (χ3v) is 5.22. The second-order valence-corrected chi connectivity index (χ2v) is 7.20. The minimum absolute atomic E-state index is 0.0988. The maximum atomic E-state index is 12.1. The molecular formula is C19H21N3O5S. The fourth-order valence-corrected chi connectivity index (χ4v) is 3.69. The van der Waals surface area contributed by atoms with Gasteiger partial charge in [0.05, 0.1) is 7.11 Å². The first kappa shape index (κ1) is 19.8. The van der Waals surface area contributed by atoms with Crippen molar-refractivity contribution in [3.05, 3.63) is 35.3 Å². The number of ether oxygens (including phenoxy) is 2. The number of imide groups is 1. The average Bonchev–Trinajstić information content (AvgIpc) is 3.38. The quantitative estimate of drug-likeness (QED) is 0.719. The van der Waals surface area contributed by atoms with Gasteiger partial charge in [-0.15, -0.1) is 11.3 Å². The number of aromatic nitrogens is 1. The van der Waals surface area contributed by atoms with Gasteiger partial charge in [-0.2, -0.15) is 0 Å². The molecule has 1 heterocycles. The molecule has 1 aliphatic carbocycles. The van der Waals surface area contributed by atoms with E-state index in [1.54, 1.807) is 24.6 Å². The van der Waals surface area contributed by atoms with Gasteiger partial charge in [0.1, 0.15) is 10.8 Å². The molecule has 3 amide bonds. The van der Waals surface area contributed by atoms with Crippen molar-refractivity contribution in [1.82, 2.24) is 15.6 Å². The van der Waals surface area contributed by atoms with Gasteiger partial charge in [0.15, 0.2) is 12.3 Å². The van der Waals surface area contributed by atoms with E-state index < -0.39 is 24.5 Å². The van der Waals surface area contributed by atoms with Gasteiger partial charge in [0.25, 0.3) is 5.91 Å². The summed E-state index contributed by atoms with van der Waals surface area (Å²) in [5.41, 5.74) is 0.949. The Hall–Kier alpha value is -2.94. The van der Waals surface area contributed by atoms with Crippen molar-refractivity contribution in [1.29, 1.82) is 0 Å². The van der Waals surface area contributed by atoms with Crippen LogP contribution in [0.15, 0.2) is 29.6 Å². The molecule has 2 aromatic rings. The number of thiazole rings is 1. The van der Waals surface area contributed by atoms with Crippen molar-refractivity contribution >= 4 is 29.2 Å². The zero-order valence-electron chi connectivity index (χ0n) is 15.4. The molecule has 0 aliphatic heterocycles. The summed E-state index contributed by atoms with van der Waals surface area (Å²) in [5, 5.41) is 7.10. The van der Waals surface area contributed by atoms with E-state index in [9.17, 15) is 14.4 Å². The summed E-state index contributed by atoms with van der Waals surface area (Å²) in [6, 6.07) is 6.81. The maximum absolute atomic E-state index is 12.1. The summed E-state index contributed by atoms with van der Waals surface area (Å²) in [5.74, 6) is -0.681. The number of esters is 1. The van der Waals surface area contributed by atoms with Crippen molar-refractivity contribution < 1.29 is 23.9 Å². The normalized spacial score (nSPS) is 13.8. The second kappa shape index (κ2) is 9.32. The molecule has 0 atom stereocenters. The Morgan fingerprint density at radius 1 is 1.18 bits per heavy atom. The lowest BCUT2D eigenvalue weighted by molar-refractivity contribution is -0.123. The van der Waals surface area contributed by atoms with Crippen LogP contribution in [0.25, 0.3) is 10.6 Å². The van der Waals surface area contributed by atoms with Crippen LogP contribution in [0.3, 0.4) is 0 Å². The minimum Gasteiger partial charge on any atom is -0.497 e. The number of nitrogens with zero attached hydrogens (tertiary/aromatic N) is 1. The highest BCUT2D eigenvalue weighted by Gasteiger charge is 2.19. The number of nitrogens with one attached hydrogen (secondary N) is 2. The monoisotopic (exact) mass is 403 g/mol. The van der Waals surface area contributed by atoms with Gasteiger partial charge in [0.2, 0.25) is 0 Å². The molecule has 1 saturated carbocycles. The molecule has 1 fully saturated rings. The summed E-state index contributed by atoms with van der Waals surface area (Å²) in [7, 11) is 1.58. The molecule has 1 aliphatic rings. The van der Waals surface area contributed by atoms with E-state index in [0.29, 0.717) is 5.01 Å². The first-order valence-corrected chi connectivity index (χ1v) is 9.80. The van der Waals surface area contributed by atoms with Crippen LogP contribution in [0.5, 0.6) is 5.75 Å². The topological polar surface area (TPSA) is 107 Å². The summed E-state index contributed by atoms with van der Waals surface area (Å²) in [6.45, 7) is -0.549. The first-order chi connectivity index (χ1) is 13.5. The molecule has 1 aromatic carbocycles. The van der Waals surface area contributed by atoms with E-state index >= 15 is 0 Å². The zero-order valence-corrected chi connectivity index (χ0v) is 16.2. The third-order valence-electron chi connectivity index (χ3n) is 4.33. The summed E-state index contributed by atoms with van der Waals surface area (Å²) >= 11 is 1.29. The standard InChI is InChI=1S/C19H21N3O5S/c1-26-14-8-6-12(7-9-14)17-21-15(11-28-17)18(24)27-10-16(23)22-19(25)20-13-4-2-3-5-13/h6-9,11,13H,2-5,10H2,1H3,(H2,20,22,23,25). The van der Waals surface area contributed by atoms with Crippen LogP contribution in [0.4, 0.5) is 4.79 Å². The van der Waals surface area contributed by atoms with Crippen molar-refractivity contribution in [2.75, 3.05) is 13.7 Å². The largest absolute Gasteiger partial charge is 0.497 e. The molecule has 0 bridgehead atoms. The van der Waals surface area contributed by atoms with Crippen molar-refractivity contribution in [3.8, 4) is 16.3 Å². The fraction of sp³-hybridized carbons (Fsp3) is 0.368. The molecule has 8 nitrogen and oxygen atoms in total. The Bertz CT molecular complexity index is 844. The number of rotatable bonds is 6. The Morgan fingerprint density at radius 2 is 1.89 bits per heavy atom. The van der Waals surface area contributed by atoms with Gasteiger partial charge in [0, 0.05) is 17.0 Å². The van der Waals surface area contributed by atoms with Crippen molar-refractivity contribution in [3.63, 3.8) is 0 Å². The van der Waals surface area contributed by atoms with Crippen LogP contribution in [0.2, 0.25) is 0 Å². The molecule has 1 aromatic heterocycles. The smallest absolute Gasteiger partial charge is 0.358 e. The van der Waals surface area contributed by atoms with Crippen LogP contribution in [-0.2, 0) is 9.53 Å². The highest BCUT2D eigenvalue weighted by molar-refractivity contribution is 7.13. The average molecular weight is 403 g/mol. The first-order valence-electron chi connectivity index (χ1n) is 8.92. The van der Waals surface area contributed by atoms with E-state index in [4.69, 9.17) is 9.47 Å². The van der Waals surface area contributed by atoms with E-state index in [2.05, 4.69) is 15.6 Å². The highest BCUT2D eigenvalue weighted by Crippen LogP contribution is 2.26. The lowest BCUT2D eigenvalue weighted by Crippen LogP contribution is -2.45. The molecule has 0 radical (unpaired) electrons. The van der Waals surface area contributed by atoms with E-state index in [-0.39, 0.29) is 11.7 Å². The molecule has 28 heavy (non-hydrogen) atoms. The van der Waals surface area contributed by atoms with Gasteiger partial charge in [-0.3, -0.25) is 10.1 Å². The van der Waals surface area contributed by atoms with Gasteiger partial charge in [-0.25, -0.2) is 14.6 Å². The minimum atomic E-state index is -0.720. The Labute approximate surface area is 166 Å². The molecule has 148 valence electrons. The second-order valence-electron chi connectivity index (χ2n) is 6.35. The molecule has 0 unspecified atom stereocenters. The lowest BCUT2D eigenvalue weighted by atomic mass is 10.2. The molecule has 9 heteroatoms. The summed E-state index contributed by atoms with van der Waals surface area (Å²) < 4.78 is 10.0. The van der Waals surface area contributed by atoms with Crippen LogP contribution in [0, 0.1) is 0 Å². The van der Waals surface area contributed by atoms with Gasteiger partial charge in [-0.05, 0) is 37.1 Å². The number of urea groups is 1. The third kappa shape index (κ3) is 5.29. The van der Waals surface area contributed by atoms with Gasteiger partial charge >= 0.3 is 12.0 Å². The number of carbonyl (C=O) groups excluding carboxylic acids is 3. The van der Waals surface area contributed by atoms with Gasteiger partial charge < -0.3 is 14.8 Å². The summed E-state index contributed by atoms with van der Waals surface area (Å²) in [6.07, 6.45) is 3.97. The van der Waals surface area contributed by atoms with Crippen LogP contribution < -0.4 is 15.4 Å². The lowest BCUT2D eigenvalue weighted by Gasteiger charge is -2.12. The number of amides is 3. The number of hydrogen-bond donors (Lipinski definition) is 2. The zero-order chi connectivity index (χ0) is 19.9. The number of benzene rings is 1. The Balaban J connectivity index is 1.47. The molecular weight excluding hydrogens is 382 g/mol. The number of hydrogen-bond acceptors (Lipinski definition) is 7. The molecule has 0 spiro atoms. The van der Waals surface area contributed by atoms with Gasteiger partial charge in [-0.1, -0.05) is 12.8 Å². The fourth-order valence-electron chi connectivity index (χ4n) is 2.89. The number of methoxy groups -OCH3 is 1. The predicted octanol–water partition coefficient (Wildman–Crippen LogP) is 2.74. The van der Waals surface area contributed by atoms with Crippen molar-refractivity contribution in [2.24, 2.45) is 0 Å². The molecule has 0 saturated heterocycles. The van der Waals surface area contributed by atoms with Crippen LogP contribution >= 0.6 is 11.3 Å². The van der Waals surface area contributed by atoms with Crippen LogP contribution in [0.1, 0.15) is 36.2 Å². The summed E-state index contributed by atoms with van der Waals surface area (Å²) in [4.78, 5) is 39.8. The van der Waals surface area contributed by atoms with E-state index in [1.807, 2.05) is 12.1 Å².